The van der Waals surface area contributed by atoms with Crippen molar-refractivity contribution in [2.45, 2.75) is 88.5 Å². The van der Waals surface area contributed by atoms with E-state index in [1.807, 2.05) is 0 Å². The lowest BCUT2D eigenvalue weighted by Gasteiger charge is -2.32. The zero-order valence-corrected chi connectivity index (χ0v) is 27.9. The molecule has 9 fully saturated rings. The molecule has 48 heavy (non-hydrogen) atoms. The Morgan fingerprint density at radius 3 is 1.10 bits per heavy atom. The molecule has 3 heterocycles. The second-order valence-electron chi connectivity index (χ2n) is 16.2. The average molecular weight is 675 g/mol. The molecule has 3 aliphatic heterocycles. The average Bonchev–Trinajstić information content (AvgIpc) is 4.04. The lowest BCUT2D eigenvalue weighted by Crippen LogP contribution is -2.38. The van der Waals surface area contributed by atoms with Crippen LogP contribution in [0, 0.1) is 58.7 Å². The quantitative estimate of drug-likeness (QED) is 0.0859. The van der Waals surface area contributed by atoms with E-state index in [2.05, 4.69) is 6.92 Å². The number of carbonyl (C=O) groups excluding carboxylic acids is 3. The third-order valence-electron chi connectivity index (χ3n) is 13.6. The van der Waals surface area contributed by atoms with Crippen LogP contribution in [0.3, 0.4) is 0 Å². The SMILES string of the molecule is CCC(COCCOC(=O)C1CC2CC1C1OC21)(COCCOC(=O)C1CC2CC1C1OC21)COCCOC(=O)C1CC2CC1C1OC21. The van der Waals surface area contributed by atoms with Crippen molar-refractivity contribution in [1.29, 1.82) is 0 Å². The highest BCUT2D eigenvalue weighted by atomic mass is 16.6. The number of rotatable bonds is 19. The van der Waals surface area contributed by atoms with Crippen LogP contribution in [0.15, 0.2) is 0 Å². The van der Waals surface area contributed by atoms with Crippen LogP contribution < -0.4 is 0 Å². The third kappa shape index (κ3) is 5.89. The Bertz CT molecular complexity index is 1110. The molecule has 9 aliphatic rings. The Labute approximate surface area is 281 Å². The first kappa shape index (κ1) is 32.1. The normalized spacial score (nSPS) is 45.3. The van der Waals surface area contributed by atoms with Gasteiger partial charge in [0.15, 0.2) is 0 Å². The van der Waals surface area contributed by atoms with Crippen LogP contribution in [-0.4, -0.2) is 114 Å². The molecule has 0 N–H and O–H groups in total. The molecular weight excluding hydrogens is 624 g/mol. The Balaban J connectivity index is 0.708. The predicted molar refractivity (Wildman–Crippen MR) is 163 cm³/mol. The molecule has 0 spiro atoms. The minimum atomic E-state index is -0.479. The van der Waals surface area contributed by atoms with E-state index in [1.165, 1.54) is 0 Å². The Hall–Kier alpha value is -1.83. The first-order valence-corrected chi connectivity index (χ1v) is 18.6. The van der Waals surface area contributed by atoms with Crippen molar-refractivity contribution in [3.8, 4) is 0 Å². The summed E-state index contributed by atoms with van der Waals surface area (Å²) in [6, 6.07) is 0. The van der Waals surface area contributed by atoms with E-state index in [1.54, 1.807) is 0 Å². The van der Waals surface area contributed by atoms with Gasteiger partial charge in [-0.2, -0.15) is 0 Å². The van der Waals surface area contributed by atoms with Crippen molar-refractivity contribution in [1.82, 2.24) is 0 Å². The number of epoxide rings is 3. The summed E-state index contributed by atoms with van der Waals surface area (Å²) in [5.41, 5.74) is -0.479. The maximum atomic E-state index is 12.7. The van der Waals surface area contributed by atoms with Crippen LogP contribution in [0.25, 0.3) is 0 Å². The number of esters is 3. The molecule has 6 saturated carbocycles. The molecule has 6 aliphatic carbocycles. The van der Waals surface area contributed by atoms with E-state index in [9.17, 15) is 14.4 Å². The molecule has 12 heteroatoms. The number of carbonyl (C=O) groups is 3. The van der Waals surface area contributed by atoms with E-state index in [0.717, 1.165) is 38.5 Å². The molecule has 0 amide bonds. The van der Waals surface area contributed by atoms with Crippen molar-refractivity contribution >= 4 is 17.9 Å². The van der Waals surface area contributed by atoms with Crippen LogP contribution in [0.5, 0.6) is 0 Å². The van der Waals surface area contributed by atoms with E-state index in [4.69, 9.17) is 42.6 Å². The summed E-state index contributed by atoms with van der Waals surface area (Å²) in [5, 5.41) is 0. The first-order chi connectivity index (χ1) is 23.4. The van der Waals surface area contributed by atoms with Crippen LogP contribution >= 0.6 is 0 Å². The van der Waals surface area contributed by atoms with Crippen LogP contribution in [-0.2, 0) is 57.0 Å². The Morgan fingerprint density at radius 1 is 0.500 bits per heavy atom. The van der Waals surface area contributed by atoms with Gasteiger partial charge in [0.25, 0.3) is 0 Å². The number of fused-ring (bicyclic) bond motifs is 15. The zero-order valence-electron chi connectivity index (χ0n) is 27.9. The van der Waals surface area contributed by atoms with Gasteiger partial charge in [-0.25, -0.2) is 0 Å². The molecule has 15 atom stereocenters. The van der Waals surface area contributed by atoms with Crippen molar-refractivity contribution in [2.24, 2.45) is 58.7 Å². The maximum absolute atomic E-state index is 12.7. The summed E-state index contributed by atoms with van der Waals surface area (Å²) in [7, 11) is 0. The minimum Gasteiger partial charge on any atom is -0.463 e. The molecule has 0 aromatic heterocycles. The standard InChI is InChI=1S/C36H50O12/c1-2-36(15-40-3-6-43-33(37)24-12-18-9-21(24)30-27(18)46-30,16-41-4-7-44-34(38)25-13-19-10-22(25)31-28(19)47-31)17-42-5-8-45-35(39)26-14-20-11-23(26)32-29(20)48-32/h18-32H,2-17H2,1H3. The molecule has 266 valence electrons. The molecular formula is C36H50O12. The fraction of sp³-hybridized carbons (Fsp3) is 0.917. The Kier molecular flexibility index (Phi) is 8.52. The number of hydrogen-bond donors (Lipinski definition) is 0. The van der Waals surface area contributed by atoms with Crippen LogP contribution in [0.2, 0.25) is 0 Å². The largest absolute Gasteiger partial charge is 0.463 e. The van der Waals surface area contributed by atoms with Crippen LogP contribution in [0.4, 0.5) is 0 Å². The van der Waals surface area contributed by atoms with Gasteiger partial charge in [0.1, 0.15) is 19.8 Å². The maximum Gasteiger partial charge on any atom is 0.309 e. The van der Waals surface area contributed by atoms with Crippen molar-refractivity contribution < 1.29 is 57.0 Å². The fourth-order valence-corrected chi connectivity index (χ4v) is 10.8. The van der Waals surface area contributed by atoms with E-state index in [0.29, 0.717) is 80.1 Å². The lowest BCUT2D eigenvalue weighted by atomic mass is 9.88. The van der Waals surface area contributed by atoms with Gasteiger partial charge in [-0.3, -0.25) is 14.4 Å². The predicted octanol–water partition coefficient (Wildman–Crippen LogP) is 2.33. The van der Waals surface area contributed by atoms with Gasteiger partial charge in [0, 0.05) is 23.2 Å². The molecule has 12 nitrogen and oxygen atoms in total. The van der Waals surface area contributed by atoms with Crippen molar-refractivity contribution in [3.05, 3.63) is 0 Å². The van der Waals surface area contributed by atoms with Crippen LogP contribution in [0.1, 0.15) is 51.9 Å². The van der Waals surface area contributed by atoms with Crippen molar-refractivity contribution in [2.75, 3.05) is 59.5 Å². The minimum absolute atomic E-state index is 0.0518. The van der Waals surface area contributed by atoms with Gasteiger partial charge in [0.05, 0.1) is 94.0 Å². The molecule has 0 aromatic rings. The summed E-state index contributed by atoms with van der Waals surface area (Å²) in [6.45, 7) is 4.49. The first-order valence-electron chi connectivity index (χ1n) is 18.6. The number of hydrogen-bond acceptors (Lipinski definition) is 12. The molecule has 0 radical (unpaired) electrons. The van der Waals surface area contributed by atoms with Gasteiger partial charge in [-0.15, -0.1) is 0 Å². The topological polar surface area (TPSA) is 144 Å². The van der Waals surface area contributed by atoms with Gasteiger partial charge in [0.2, 0.25) is 0 Å². The lowest BCUT2D eigenvalue weighted by molar-refractivity contribution is -0.153. The van der Waals surface area contributed by atoms with E-state index >= 15 is 0 Å². The molecule has 0 aromatic carbocycles. The second kappa shape index (κ2) is 12.7. The molecule has 9 rings (SSSR count). The smallest absolute Gasteiger partial charge is 0.309 e. The van der Waals surface area contributed by atoms with E-state index in [-0.39, 0.29) is 93.6 Å². The number of ether oxygens (including phenoxy) is 9. The van der Waals surface area contributed by atoms with Gasteiger partial charge >= 0.3 is 17.9 Å². The van der Waals surface area contributed by atoms with Gasteiger partial charge < -0.3 is 42.6 Å². The summed E-state index contributed by atoms with van der Waals surface area (Å²) in [5.74, 6) is 1.92. The summed E-state index contributed by atoms with van der Waals surface area (Å²) >= 11 is 0. The zero-order chi connectivity index (χ0) is 32.6. The second-order valence-corrected chi connectivity index (χ2v) is 16.2. The van der Waals surface area contributed by atoms with Gasteiger partial charge in [-0.1, -0.05) is 6.92 Å². The summed E-state index contributed by atoms with van der Waals surface area (Å²) in [4.78, 5) is 38.2. The third-order valence-corrected chi connectivity index (χ3v) is 13.6. The highest BCUT2D eigenvalue weighted by Crippen LogP contribution is 2.60. The Morgan fingerprint density at radius 2 is 0.833 bits per heavy atom. The highest BCUT2D eigenvalue weighted by molar-refractivity contribution is 5.75. The molecule has 3 saturated heterocycles. The van der Waals surface area contributed by atoms with E-state index < -0.39 is 5.41 Å². The molecule has 15 unspecified atom stereocenters. The van der Waals surface area contributed by atoms with Crippen molar-refractivity contribution in [3.63, 3.8) is 0 Å². The summed E-state index contributed by atoms with van der Waals surface area (Å²) in [6.07, 6.45) is 8.54. The van der Waals surface area contributed by atoms with Gasteiger partial charge in [-0.05, 0) is 62.7 Å². The summed E-state index contributed by atoms with van der Waals surface area (Å²) < 4.78 is 52.1. The monoisotopic (exact) mass is 674 g/mol. The highest BCUT2D eigenvalue weighted by Gasteiger charge is 2.66. The fourth-order valence-electron chi connectivity index (χ4n) is 10.8. The molecule has 6 bridgehead atoms.